The third-order valence-electron chi connectivity index (χ3n) is 4.86. The lowest BCUT2D eigenvalue weighted by Gasteiger charge is -2.14. The van der Waals surface area contributed by atoms with Crippen molar-refractivity contribution in [3.63, 3.8) is 0 Å². The van der Waals surface area contributed by atoms with E-state index in [0.717, 1.165) is 5.75 Å². The van der Waals surface area contributed by atoms with Gasteiger partial charge in [-0.2, -0.15) is 0 Å². The molecule has 0 aliphatic carbocycles. The number of hydrogen-bond acceptors (Lipinski definition) is 6. The molecule has 0 bridgehead atoms. The van der Waals surface area contributed by atoms with Crippen LogP contribution < -0.4 is 30.2 Å². The maximum absolute atomic E-state index is 12.5. The van der Waals surface area contributed by atoms with E-state index in [-0.39, 0.29) is 18.4 Å². The van der Waals surface area contributed by atoms with E-state index in [2.05, 4.69) is 16.0 Å². The van der Waals surface area contributed by atoms with Crippen LogP contribution in [0.25, 0.3) is 0 Å². The topological polar surface area (TPSA) is 97.9 Å². The molecule has 35 heavy (non-hydrogen) atoms. The standard InChI is InChI=1S/C27H31N3O5/c1-4-33-22-13-11-21(12-14-22)29-27(32)19-7-9-20(10-8-19)28-18-26(31)30-24-17-23(34-5-2)15-16-25(24)35-6-3/h7-17,28H,4-6,18H2,1-3H3,(H,29,32)(H,30,31). The van der Waals surface area contributed by atoms with Gasteiger partial charge in [0.25, 0.3) is 5.91 Å². The molecule has 2 amide bonds. The van der Waals surface area contributed by atoms with E-state index in [4.69, 9.17) is 14.2 Å². The number of hydrogen-bond donors (Lipinski definition) is 3. The molecular weight excluding hydrogens is 446 g/mol. The SMILES string of the molecule is CCOc1ccc(NC(=O)c2ccc(NCC(=O)Nc3cc(OCC)ccc3OCC)cc2)cc1. The Labute approximate surface area is 205 Å². The molecule has 3 N–H and O–H groups in total. The molecule has 0 aliphatic rings. The highest BCUT2D eigenvalue weighted by Gasteiger charge is 2.11. The summed E-state index contributed by atoms with van der Waals surface area (Å²) in [4.78, 5) is 25.0. The number of carbonyl (C=O) groups excluding carboxylic acids is 2. The van der Waals surface area contributed by atoms with Crippen LogP contribution in [0.4, 0.5) is 17.1 Å². The second kappa shape index (κ2) is 12.9. The number of amides is 2. The number of carbonyl (C=O) groups is 2. The molecule has 8 nitrogen and oxygen atoms in total. The fourth-order valence-electron chi connectivity index (χ4n) is 3.27. The summed E-state index contributed by atoms with van der Waals surface area (Å²) in [6.45, 7) is 7.33. The summed E-state index contributed by atoms with van der Waals surface area (Å²) in [6, 6.07) is 19.4. The number of rotatable bonds is 12. The van der Waals surface area contributed by atoms with E-state index >= 15 is 0 Å². The van der Waals surface area contributed by atoms with E-state index in [1.807, 2.05) is 32.9 Å². The minimum atomic E-state index is -0.239. The molecule has 3 rings (SSSR count). The highest BCUT2D eigenvalue weighted by molar-refractivity contribution is 6.04. The Morgan fingerprint density at radius 1 is 0.686 bits per heavy atom. The average Bonchev–Trinajstić information content (AvgIpc) is 2.86. The molecule has 0 aromatic heterocycles. The van der Waals surface area contributed by atoms with E-state index in [9.17, 15) is 9.59 Å². The monoisotopic (exact) mass is 477 g/mol. The molecule has 8 heteroatoms. The summed E-state index contributed by atoms with van der Waals surface area (Å²) in [5, 5.41) is 8.77. The summed E-state index contributed by atoms with van der Waals surface area (Å²) in [5.74, 6) is 1.51. The van der Waals surface area contributed by atoms with Crippen LogP contribution >= 0.6 is 0 Å². The predicted octanol–water partition coefficient (Wildman–Crippen LogP) is 5.19. The third-order valence-corrected chi connectivity index (χ3v) is 4.86. The highest BCUT2D eigenvalue weighted by atomic mass is 16.5. The molecule has 0 fully saturated rings. The smallest absolute Gasteiger partial charge is 0.255 e. The fraction of sp³-hybridized carbons (Fsp3) is 0.259. The van der Waals surface area contributed by atoms with Gasteiger partial charge in [0.1, 0.15) is 17.2 Å². The van der Waals surface area contributed by atoms with Crippen LogP contribution in [-0.4, -0.2) is 38.2 Å². The van der Waals surface area contributed by atoms with Gasteiger partial charge in [-0.05, 0) is 81.4 Å². The van der Waals surface area contributed by atoms with E-state index in [1.54, 1.807) is 54.6 Å². The van der Waals surface area contributed by atoms with Crippen LogP contribution in [0.5, 0.6) is 17.2 Å². The van der Waals surface area contributed by atoms with Crippen LogP contribution in [0.1, 0.15) is 31.1 Å². The molecule has 0 saturated carbocycles. The molecule has 3 aromatic rings. The van der Waals surface area contributed by atoms with Crippen LogP contribution in [0.15, 0.2) is 66.7 Å². The molecular formula is C27H31N3O5. The van der Waals surface area contributed by atoms with Crippen molar-refractivity contribution in [1.29, 1.82) is 0 Å². The van der Waals surface area contributed by atoms with Crippen LogP contribution in [0, 0.1) is 0 Å². The molecule has 0 spiro atoms. The van der Waals surface area contributed by atoms with Crippen molar-refractivity contribution in [1.82, 2.24) is 0 Å². The van der Waals surface area contributed by atoms with Crippen molar-refractivity contribution in [3.05, 3.63) is 72.3 Å². The Morgan fingerprint density at radius 3 is 1.94 bits per heavy atom. The minimum Gasteiger partial charge on any atom is -0.494 e. The van der Waals surface area contributed by atoms with Crippen molar-refractivity contribution in [2.75, 3.05) is 42.3 Å². The van der Waals surface area contributed by atoms with Gasteiger partial charge in [0.05, 0.1) is 32.1 Å². The molecule has 0 aliphatic heterocycles. The Bertz CT molecular complexity index is 1110. The zero-order valence-corrected chi connectivity index (χ0v) is 20.2. The lowest BCUT2D eigenvalue weighted by Crippen LogP contribution is -2.22. The Kier molecular flexibility index (Phi) is 9.36. The number of benzene rings is 3. The number of anilines is 3. The van der Waals surface area contributed by atoms with Crippen LogP contribution in [0.3, 0.4) is 0 Å². The van der Waals surface area contributed by atoms with Gasteiger partial charge >= 0.3 is 0 Å². The van der Waals surface area contributed by atoms with Gasteiger partial charge in [-0.3, -0.25) is 9.59 Å². The van der Waals surface area contributed by atoms with Crippen molar-refractivity contribution < 1.29 is 23.8 Å². The zero-order chi connectivity index (χ0) is 25.0. The first-order chi connectivity index (χ1) is 17.0. The van der Waals surface area contributed by atoms with E-state index in [1.165, 1.54) is 0 Å². The van der Waals surface area contributed by atoms with E-state index in [0.29, 0.717) is 53.9 Å². The summed E-state index contributed by atoms with van der Waals surface area (Å²) in [7, 11) is 0. The van der Waals surface area contributed by atoms with Gasteiger partial charge in [-0.15, -0.1) is 0 Å². The zero-order valence-electron chi connectivity index (χ0n) is 20.2. The first kappa shape index (κ1) is 25.4. The first-order valence-electron chi connectivity index (χ1n) is 11.6. The maximum atomic E-state index is 12.5. The molecule has 0 unspecified atom stereocenters. The van der Waals surface area contributed by atoms with Gasteiger partial charge in [0.15, 0.2) is 0 Å². The van der Waals surface area contributed by atoms with Gasteiger partial charge in [0.2, 0.25) is 5.91 Å². The number of nitrogens with one attached hydrogen (secondary N) is 3. The second-order valence-electron chi connectivity index (χ2n) is 7.41. The van der Waals surface area contributed by atoms with Crippen LogP contribution in [-0.2, 0) is 4.79 Å². The maximum Gasteiger partial charge on any atom is 0.255 e. The normalized spacial score (nSPS) is 10.3. The molecule has 0 heterocycles. The molecule has 3 aromatic carbocycles. The molecule has 0 atom stereocenters. The Hall–Kier alpha value is -4.20. The van der Waals surface area contributed by atoms with Crippen molar-refractivity contribution in [3.8, 4) is 17.2 Å². The fourth-order valence-corrected chi connectivity index (χ4v) is 3.27. The van der Waals surface area contributed by atoms with Crippen LogP contribution in [0.2, 0.25) is 0 Å². The second-order valence-corrected chi connectivity index (χ2v) is 7.41. The van der Waals surface area contributed by atoms with E-state index < -0.39 is 0 Å². The van der Waals surface area contributed by atoms with Gasteiger partial charge in [0, 0.05) is 23.0 Å². The molecule has 0 radical (unpaired) electrons. The minimum absolute atomic E-state index is 0.0438. The average molecular weight is 478 g/mol. The molecule has 184 valence electrons. The van der Waals surface area contributed by atoms with Crippen molar-refractivity contribution in [2.45, 2.75) is 20.8 Å². The summed E-state index contributed by atoms with van der Waals surface area (Å²) < 4.78 is 16.5. The summed E-state index contributed by atoms with van der Waals surface area (Å²) in [6.07, 6.45) is 0. The van der Waals surface area contributed by atoms with Gasteiger partial charge < -0.3 is 30.2 Å². The Morgan fingerprint density at radius 2 is 1.29 bits per heavy atom. The lowest BCUT2D eigenvalue weighted by molar-refractivity contribution is -0.114. The lowest BCUT2D eigenvalue weighted by atomic mass is 10.2. The van der Waals surface area contributed by atoms with Crippen molar-refractivity contribution in [2.24, 2.45) is 0 Å². The first-order valence-corrected chi connectivity index (χ1v) is 11.6. The molecule has 0 saturated heterocycles. The Balaban J connectivity index is 1.54. The summed E-state index contributed by atoms with van der Waals surface area (Å²) >= 11 is 0. The van der Waals surface area contributed by atoms with Crippen molar-refractivity contribution >= 4 is 28.9 Å². The van der Waals surface area contributed by atoms with Gasteiger partial charge in [-0.1, -0.05) is 0 Å². The van der Waals surface area contributed by atoms with Gasteiger partial charge in [-0.25, -0.2) is 0 Å². The third kappa shape index (κ3) is 7.67. The predicted molar refractivity (Wildman–Crippen MR) is 138 cm³/mol. The quantitative estimate of drug-likeness (QED) is 0.332. The number of ether oxygens (including phenoxy) is 3. The summed E-state index contributed by atoms with van der Waals surface area (Å²) in [5.41, 5.74) is 2.44. The highest BCUT2D eigenvalue weighted by Crippen LogP contribution is 2.29. The largest absolute Gasteiger partial charge is 0.494 e.